The Morgan fingerprint density at radius 3 is 1.33 bits per heavy atom. The fourth-order valence-corrected chi connectivity index (χ4v) is 4.70. The van der Waals surface area contributed by atoms with Crippen LogP contribution in [0.1, 0.15) is 0 Å². The summed E-state index contributed by atoms with van der Waals surface area (Å²) in [5, 5.41) is 13.4. The van der Waals surface area contributed by atoms with Crippen LogP contribution in [0.5, 0.6) is 0 Å². The fourth-order valence-electron chi connectivity index (χ4n) is 4.70. The summed E-state index contributed by atoms with van der Waals surface area (Å²) in [6, 6.07) is 48.0. The lowest BCUT2D eigenvalue weighted by atomic mass is 9.88. The summed E-state index contributed by atoms with van der Waals surface area (Å²) in [5.41, 5.74) is 10.3. The Labute approximate surface area is 210 Å². The van der Waals surface area contributed by atoms with E-state index < -0.39 is 0 Å². The number of aromatic nitrogens is 3. The monoisotopic (exact) mass is 461 g/mol. The van der Waals surface area contributed by atoms with Gasteiger partial charge in [-0.3, -0.25) is 0 Å². The minimum atomic E-state index is 0.813. The summed E-state index contributed by atoms with van der Waals surface area (Å²) in [6.45, 7) is 0. The van der Waals surface area contributed by atoms with Crippen LogP contribution in [-0.2, 0) is 0 Å². The molecule has 0 amide bonds. The maximum absolute atomic E-state index is 4.64. The van der Waals surface area contributed by atoms with Gasteiger partial charge in [-0.1, -0.05) is 140 Å². The molecule has 0 bridgehead atoms. The lowest BCUT2D eigenvalue weighted by Gasteiger charge is -2.17. The van der Waals surface area contributed by atoms with Crippen LogP contribution in [0.2, 0.25) is 0 Å². The topological polar surface area (TPSA) is 38.7 Å². The largest absolute Gasteiger partial charge is 0.129 e. The first kappa shape index (κ1) is 21.6. The molecule has 0 N–H and O–H groups in total. The number of hydrogen-bond acceptors (Lipinski definition) is 3. The molecule has 5 aromatic carbocycles. The minimum absolute atomic E-state index is 0.813. The van der Waals surface area contributed by atoms with E-state index in [0.717, 1.165) is 44.8 Å². The van der Waals surface area contributed by atoms with E-state index in [2.05, 4.69) is 112 Å². The zero-order chi connectivity index (χ0) is 24.2. The standard InChI is InChI=1S/C33H23N3/c1-4-14-24(15-5-1)27-20-10-11-21-28(27)29-22-12-13-23-30(29)33-31(25-16-6-2-7-17-25)32(34-36-35-33)26-18-8-3-9-19-26/h1-23H. The van der Waals surface area contributed by atoms with Crippen molar-refractivity contribution in [3.63, 3.8) is 0 Å². The van der Waals surface area contributed by atoms with Gasteiger partial charge in [-0.15, -0.1) is 10.2 Å². The van der Waals surface area contributed by atoms with Crippen LogP contribution >= 0.6 is 0 Å². The number of benzene rings is 5. The molecule has 0 aliphatic carbocycles. The molecule has 0 atom stereocenters. The Morgan fingerprint density at radius 2 is 0.722 bits per heavy atom. The second-order valence-electron chi connectivity index (χ2n) is 8.55. The van der Waals surface area contributed by atoms with Gasteiger partial charge in [-0.05, 0) is 33.0 Å². The summed E-state index contributed by atoms with van der Waals surface area (Å²) in [7, 11) is 0. The summed E-state index contributed by atoms with van der Waals surface area (Å²) in [6.07, 6.45) is 0. The summed E-state index contributed by atoms with van der Waals surface area (Å²) in [5.74, 6) is 0. The van der Waals surface area contributed by atoms with Gasteiger partial charge in [-0.25, -0.2) is 0 Å². The van der Waals surface area contributed by atoms with Gasteiger partial charge in [0.25, 0.3) is 0 Å². The molecule has 36 heavy (non-hydrogen) atoms. The van der Waals surface area contributed by atoms with E-state index in [0.29, 0.717) is 0 Å². The second-order valence-corrected chi connectivity index (χ2v) is 8.55. The zero-order valence-electron chi connectivity index (χ0n) is 19.6. The van der Waals surface area contributed by atoms with Gasteiger partial charge in [0, 0.05) is 16.7 Å². The molecule has 3 heteroatoms. The lowest BCUT2D eigenvalue weighted by molar-refractivity contribution is 0.879. The van der Waals surface area contributed by atoms with Crippen molar-refractivity contribution in [1.29, 1.82) is 0 Å². The van der Waals surface area contributed by atoms with Crippen molar-refractivity contribution in [2.45, 2.75) is 0 Å². The molecule has 0 radical (unpaired) electrons. The SMILES string of the molecule is c1ccc(-c2ccccc2-c2ccccc2-c2nnnc(-c3ccccc3)c2-c2ccccc2)cc1. The van der Waals surface area contributed by atoms with Gasteiger partial charge < -0.3 is 0 Å². The Morgan fingerprint density at radius 1 is 0.306 bits per heavy atom. The van der Waals surface area contributed by atoms with Crippen LogP contribution < -0.4 is 0 Å². The first-order valence-corrected chi connectivity index (χ1v) is 12.0. The van der Waals surface area contributed by atoms with Crippen LogP contribution in [0.15, 0.2) is 140 Å². The first-order valence-electron chi connectivity index (χ1n) is 12.0. The fraction of sp³-hybridized carbons (Fsp3) is 0. The third-order valence-corrected chi connectivity index (χ3v) is 6.36. The molecule has 6 rings (SSSR count). The highest BCUT2D eigenvalue weighted by Crippen LogP contribution is 2.42. The van der Waals surface area contributed by atoms with Crippen LogP contribution in [0.3, 0.4) is 0 Å². The lowest BCUT2D eigenvalue weighted by Crippen LogP contribution is -2.01. The minimum Gasteiger partial charge on any atom is -0.129 e. The Balaban J connectivity index is 1.63. The van der Waals surface area contributed by atoms with Gasteiger partial charge >= 0.3 is 0 Å². The van der Waals surface area contributed by atoms with Crippen molar-refractivity contribution in [1.82, 2.24) is 15.4 Å². The molecule has 0 spiro atoms. The van der Waals surface area contributed by atoms with E-state index >= 15 is 0 Å². The molecule has 0 fully saturated rings. The third kappa shape index (κ3) is 4.08. The maximum atomic E-state index is 4.64. The molecular weight excluding hydrogens is 438 g/mol. The van der Waals surface area contributed by atoms with Gasteiger partial charge in [0.2, 0.25) is 0 Å². The van der Waals surface area contributed by atoms with Crippen molar-refractivity contribution in [2.24, 2.45) is 0 Å². The highest BCUT2D eigenvalue weighted by atomic mass is 15.3. The average Bonchev–Trinajstić information content (AvgIpc) is 2.98. The van der Waals surface area contributed by atoms with Gasteiger partial charge in [0.15, 0.2) is 0 Å². The van der Waals surface area contributed by atoms with Crippen LogP contribution in [0.4, 0.5) is 0 Å². The molecule has 0 aliphatic rings. The van der Waals surface area contributed by atoms with Crippen molar-refractivity contribution in [3.8, 4) is 55.9 Å². The molecule has 0 unspecified atom stereocenters. The molecule has 0 saturated heterocycles. The highest BCUT2D eigenvalue weighted by Gasteiger charge is 2.21. The van der Waals surface area contributed by atoms with Crippen molar-refractivity contribution < 1.29 is 0 Å². The van der Waals surface area contributed by atoms with Crippen LogP contribution in [0, 0.1) is 0 Å². The normalized spacial score (nSPS) is 10.8. The number of hydrogen-bond donors (Lipinski definition) is 0. The maximum Gasteiger partial charge on any atom is 0.105 e. The summed E-state index contributed by atoms with van der Waals surface area (Å²) in [4.78, 5) is 0. The molecule has 170 valence electrons. The molecule has 3 nitrogen and oxygen atoms in total. The van der Waals surface area contributed by atoms with E-state index in [1.165, 1.54) is 11.1 Å². The highest BCUT2D eigenvalue weighted by molar-refractivity contribution is 5.97. The predicted octanol–water partition coefficient (Wildman–Crippen LogP) is 8.21. The molecule has 6 aromatic rings. The van der Waals surface area contributed by atoms with E-state index in [4.69, 9.17) is 0 Å². The number of nitrogens with zero attached hydrogens (tertiary/aromatic N) is 3. The van der Waals surface area contributed by atoms with Gasteiger partial charge in [-0.2, -0.15) is 0 Å². The van der Waals surface area contributed by atoms with Crippen LogP contribution in [0.25, 0.3) is 55.9 Å². The molecule has 1 heterocycles. The second kappa shape index (κ2) is 9.77. The zero-order valence-corrected chi connectivity index (χ0v) is 19.6. The Hall–Kier alpha value is -4.89. The Bertz CT molecular complexity index is 1610. The molecule has 0 aliphatic heterocycles. The molecule has 0 saturated carbocycles. The quantitative estimate of drug-likeness (QED) is 0.260. The van der Waals surface area contributed by atoms with Crippen molar-refractivity contribution in [3.05, 3.63) is 140 Å². The summed E-state index contributed by atoms with van der Waals surface area (Å²) >= 11 is 0. The molecular formula is C33H23N3. The predicted molar refractivity (Wildman–Crippen MR) is 147 cm³/mol. The van der Waals surface area contributed by atoms with Crippen LogP contribution in [-0.4, -0.2) is 15.4 Å². The van der Waals surface area contributed by atoms with Crippen molar-refractivity contribution >= 4 is 0 Å². The Kier molecular flexibility index (Phi) is 5.87. The average molecular weight is 462 g/mol. The smallest absolute Gasteiger partial charge is 0.105 e. The van der Waals surface area contributed by atoms with Crippen molar-refractivity contribution in [2.75, 3.05) is 0 Å². The third-order valence-electron chi connectivity index (χ3n) is 6.36. The summed E-state index contributed by atoms with van der Waals surface area (Å²) < 4.78 is 0. The van der Waals surface area contributed by atoms with Gasteiger partial charge in [0.1, 0.15) is 11.4 Å². The van der Waals surface area contributed by atoms with Gasteiger partial charge in [0.05, 0.1) is 0 Å². The number of rotatable bonds is 5. The van der Waals surface area contributed by atoms with E-state index in [9.17, 15) is 0 Å². The molecule has 1 aromatic heterocycles. The van der Waals surface area contributed by atoms with E-state index in [-0.39, 0.29) is 0 Å². The van der Waals surface area contributed by atoms with E-state index in [1.807, 2.05) is 42.5 Å². The van der Waals surface area contributed by atoms with E-state index in [1.54, 1.807) is 0 Å². The first-order chi connectivity index (χ1) is 17.9.